The van der Waals surface area contributed by atoms with E-state index in [1.165, 1.54) is 13.0 Å². The zero-order valence-electron chi connectivity index (χ0n) is 11.4. The second-order valence-electron chi connectivity index (χ2n) is 5.29. The van der Waals surface area contributed by atoms with Gasteiger partial charge in [0.05, 0.1) is 5.57 Å². The Bertz CT molecular complexity index is 536. The number of aliphatic hydroxyl groups is 1. The largest absolute Gasteiger partial charge is 0.425 e. The first-order valence-corrected chi connectivity index (χ1v) is 6.38. The van der Waals surface area contributed by atoms with E-state index in [9.17, 15) is 14.7 Å². The van der Waals surface area contributed by atoms with E-state index < -0.39 is 11.8 Å². The van der Waals surface area contributed by atoms with E-state index in [0.29, 0.717) is 0 Å². The summed E-state index contributed by atoms with van der Waals surface area (Å²) in [6, 6.07) is 0. The Kier molecular flexibility index (Phi) is 3.45. The second-order valence-corrected chi connectivity index (χ2v) is 5.29. The number of carbonyl (C=O) groups excluding carboxylic acids is 2. The van der Waals surface area contributed by atoms with Gasteiger partial charge in [-0.3, -0.25) is 4.79 Å². The van der Waals surface area contributed by atoms with Gasteiger partial charge in [-0.15, -0.1) is 0 Å². The van der Waals surface area contributed by atoms with Gasteiger partial charge >= 0.3 is 5.97 Å². The van der Waals surface area contributed by atoms with Crippen LogP contribution in [0.15, 0.2) is 34.4 Å². The monoisotopic (exact) mass is 262 g/mol. The fourth-order valence-corrected chi connectivity index (χ4v) is 2.54. The van der Waals surface area contributed by atoms with Crippen LogP contribution in [0.25, 0.3) is 0 Å². The number of carbonyl (C=O) groups is 2. The molecule has 0 radical (unpaired) electrons. The molecule has 2 aliphatic rings. The van der Waals surface area contributed by atoms with E-state index in [-0.39, 0.29) is 23.4 Å². The van der Waals surface area contributed by atoms with Crippen LogP contribution in [0.4, 0.5) is 0 Å². The molecule has 0 amide bonds. The molecule has 0 aromatic rings. The Morgan fingerprint density at radius 3 is 2.58 bits per heavy atom. The maximum absolute atomic E-state index is 12.2. The van der Waals surface area contributed by atoms with Crippen LogP contribution in [0.5, 0.6) is 0 Å². The summed E-state index contributed by atoms with van der Waals surface area (Å²) in [7, 11) is 0. The number of hydrogen-bond donors (Lipinski definition) is 1. The summed E-state index contributed by atoms with van der Waals surface area (Å²) in [5.41, 5.74) is 2.11. The normalized spacial score (nSPS) is 28.6. The van der Waals surface area contributed by atoms with Crippen LogP contribution < -0.4 is 0 Å². The van der Waals surface area contributed by atoms with Gasteiger partial charge in [0.2, 0.25) is 5.79 Å². The second kappa shape index (κ2) is 4.78. The predicted octanol–water partition coefficient (Wildman–Crippen LogP) is 2.19. The van der Waals surface area contributed by atoms with Crippen molar-refractivity contribution in [3.63, 3.8) is 0 Å². The number of allylic oxidation sites excluding steroid dienone is 3. The van der Waals surface area contributed by atoms with Gasteiger partial charge in [-0.2, -0.15) is 0 Å². The minimum Gasteiger partial charge on any atom is -0.425 e. The van der Waals surface area contributed by atoms with Gasteiger partial charge in [0.1, 0.15) is 0 Å². The molecule has 0 bridgehead atoms. The Labute approximate surface area is 112 Å². The molecule has 1 aliphatic carbocycles. The average Bonchev–Trinajstić information content (AvgIpc) is 2.48. The zero-order valence-corrected chi connectivity index (χ0v) is 11.4. The van der Waals surface area contributed by atoms with Crippen molar-refractivity contribution in [2.45, 2.75) is 45.8 Å². The minimum atomic E-state index is -1.81. The molecule has 19 heavy (non-hydrogen) atoms. The molecule has 1 heterocycles. The molecule has 0 saturated carbocycles. The molecule has 4 heteroatoms. The van der Waals surface area contributed by atoms with Crippen molar-refractivity contribution in [1.82, 2.24) is 0 Å². The smallest absolute Gasteiger partial charge is 0.337 e. The summed E-state index contributed by atoms with van der Waals surface area (Å²) >= 11 is 0. The van der Waals surface area contributed by atoms with Gasteiger partial charge in [-0.05, 0) is 39.7 Å². The molecule has 0 aromatic carbocycles. The van der Waals surface area contributed by atoms with Crippen molar-refractivity contribution in [1.29, 1.82) is 0 Å². The van der Waals surface area contributed by atoms with Crippen molar-refractivity contribution in [3.05, 3.63) is 34.4 Å². The highest BCUT2D eigenvalue weighted by molar-refractivity contribution is 6.12. The van der Waals surface area contributed by atoms with Gasteiger partial charge in [0.15, 0.2) is 5.78 Å². The Balaban J connectivity index is 2.54. The van der Waals surface area contributed by atoms with E-state index in [2.05, 4.69) is 0 Å². The number of rotatable bonds is 0. The van der Waals surface area contributed by atoms with Crippen LogP contribution in [0, 0.1) is 0 Å². The number of fused-ring (bicyclic) bond motifs is 1. The van der Waals surface area contributed by atoms with Crippen LogP contribution in [0.2, 0.25) is 0 Å². The highest BCUT2D eigenvalue weighted by atomic mass is 16.7. The number of ketones is 1. The summed E-state index contributed by atoms with van der Waals surface area (Å²) in [6.45, 7) is 5.25. The van der Waals surface area contributed by atoms with E-state index >= 15 is 0 Å². The molecule has 0 fully saturated rings. The Morgan fingerprint density at radius 1 is 1.21 bits per heavy atom. The lowest BCUT2D eigenvalue weighted by Crippen LogP contribution is -2.35. The van der Waals surface area contributed by atoms with Crippen LogP contribution in [-0.4, -0.2) is 22.6 Å². The van der Waals surface area contributed by atoms with E-state index in [0.717, 1.165) is 24.0 Å². The lowest BCUT2D eigenvalue weighted by Gasteiger charge is -2.25. The first-order chi connectivity index (χ1) is 8.83. The van der Waals surface area contributed by atoms with Gasteiger partial charge in [0, 0.05) is 12.0 Å². The topological polar surface area (TPSA) is 63.6 Å². The molecule has 0 aromatic heterocycles. The number of esters is 1. The van der Waals surface area contributed by atoms with Gasteiger partial charge in [0.25, 0.3) is 0 Å². The summed E-state index contributed by atoms with van der Waals surface area (Å²) in [6.07, 6.45) is 5.24. The first-order valence-electron chi connectivity index (χ1n) is 6.38. The zero-order chi connectivity index (χ0) is 14.2. The highest BCUT2D eigenvalue weighted by Gasteiger charge is 2.47. The fourth-order valence-electron chi connectivity index (χ4n) is 2.54. The van der Waals surface area contributed by atoms with Crippen LogP contribution in [-0.2, 0) is 14.3 Å². The summed E-state index contributed by atoms with van der Waals surface area (Å²) in [4.78, 5) is 23.9. The lowest BCUT2D eigenvalue weighted by atomic mass is 9.90. The average molecular weight is 262 g/mol. The maximum atomic E-state index is 12.2. The van der Waals surface area contributed by atoms with Crippen molar-refractivity contribution in [2.75, 3.05) is 0 Å². The van der Waals surface area contributed by atoms with Crippen LogP contribution in [0.3, 0.4) is 0 Å². The molecule has 1 unspecified atom stereocenters. The third-order valence-corrected chi connectivity index (χ3v) is 3.51. The summed E-state index contributed by atoms with van der Waals surface area (Å²) in [5.74, 6) is -2.77. The lowest BCUT2D eigenvalue weighted by molar-refractivity contribution is -0.181. The van der Waals surface area contributed by atoms with Crippen molar-refractivity contribution in [2.24, 2.45) is 0 Å². The molecule has 4 nitrogen and oxygen atoms in total. The van der Waals surface area contributed by atoms with Gasteiger partial charge < -0.3 is 9.84 Å². The van der Waals surface area contributed by atoms with Crippen molar-refractivity contribution >= 4 is 11.8 Å². The Morgan fingerprint density at radius 2 is 1.89 bits per heavy atom. The third-order valence-electron chi connectivity index (χ3n) is 3.51. The number of hydrogen-bond acceptors (Lipinski definition) is 4. The van der Waals surface area contributed by atoms with E-state index in [1.54, 1.807) is 0 Å². The third kappa shape index (κ3) is 2.54. The fraction of sp³-hybridized carbons (Fsp3) is 0.467. The van der Waals surface area contributed by atoms with Crippen molar-refractivity contribution in [3.8, 4) is 0 Å². The molecule has 1 atom stereocenters. The summed E-state index contributed by atoms with van der Waals surface area (Å²) in [5, 5.41) is 10.5. The minimum absolute atomic E-state index is 0.0755. The molecule has 1 N–H and O–H groups in total. The molecule has 0 spiro atoms. The highest BCUT2D eigenvalue weighted by Crippen LogP contribution is 2.37. The van der Waals surface area contributed by atoms with E-state index in [4.69, 9.17) is 4.74 Å². The molecular formula is C15H18O4. The molecule has 102 valence electrons. The molecular weight excluding hydrogens is 244 g/mol. The molecule has 2 rings (SSSR count). The van der Waals surface area contributed by atoms with Crippen molar-refractivity contribution < 1.29 is 19.4 Å². The molecule has 1 aliphatic heterocycles. The number of ether oxygens (including phenoxy) is 1. The Hall–Kier alpha value is -1.68. The SMILES string of the molecule is CC1=CC(=O)C2=C(C)C(=O)OC2(O)CC(C)=CCC1. The molecule has 0 saturated heterocycles. The van der Waals surface area contributed by atoms with Gasteiger partial charge in [-0.25, -0.2) is 4.79 Å². The van der Waals surface area contributed by atoms with Gasteiger partial charge in [-0.1, -0.05) is 17.2 Å². The standard InChI is InChI=1S/C15H18O4/c1-9-5-4-6-10(2)8-15(18)13(12(16)7-9)11(3)14(17)19-15/h6-7,18H,4-5,8H2,1-3H3. The van der Waals surface area contributed by atoms with Crippen LogP contribution >= 0.6 is 0 Å². The quantitative estimate of drug-likeness (QED) is 0.537. The van der Waals surface area contributed by atoms with Crippen LogP contribution in [0.1, 0.15) is 40.0 Å². The maximum Gasteiger partial charge on any atom is 0.337 e. The first kappa shape index (κ1) is 13.7. The predicted molar refractivity (Wildman–Crippen MR) is 70.1 cm³/mol. The van der Waals surface area contributed by atoms with E-state index in [1.807, 2.05) is 19.9 Å². The summed E-state index contributed by atoms with van der Waals surface area (Å²) < 4.78 is 5.02.